The Hall–Kier alpha value is -2.93. The molecule has 3 aromatic rings. The van der Waals surface area contributed by atoms with Crippen molar-refractivity contribution in [1.82, 2.24) is 20.3 Å². The molecule has 134 valence electrons. The van der Waals surface area contributed by atoms with Crippen LogP contribution in [-0.4, -0.2) is 46.9 Å². The van der Waals surface area contributed by atoms with Crippen molar-refractivity contribution in [2.24, 2.45) is 0 Å². The number of benzene rings is 1. The summed E-state index contributed by atoms with van der Waals surface area (Å²) in [5.41, 5.74) is 2.41. The number of ketones is 1. The SMILES string of the molecule is O=C(Cc1cnn(Cc2ccccc2)c1)c1cc(N2CCNCC2)on1. The Kier molecular flexibility index (Phi) is 4.79. The largest absolute Gasteiger partial charge is 0.338 e. The van der Waals surface area contributed by atoms with E-state index in [0.29, 0.717) is 18.1 Å². The Morgan fingerprint density at radius 2 is 1.96 bits per heavy atom. The third kappa shape index (κ3) is 3.83. The van der Waals surface area contributed by atoms with Gasteiger partial charge < -0.3 is 14.7 Å². The Labute approximate surface area is 151 Å². The molecule has 1 fully saturated rings. The minimum Gasteiger partial charge on any atom is -0.338 e. The van der Waals surface area contributed by atoms with Gasteiger partial charge in [-0.15, -0.1) is 0 Å². The lowest BCUT2D eigenvalue weighted by atomic mass is 10.1. The van der Waals surface area contributed by atoms with Crippen molar-refractivity contribution in [1.29, 1.82) is 0 Å². The second-order valence-electron chi connectivity index (χ2n) is 6.42. The van der Waals surface area contributed by atoms with Gasteiger partial charge in [-0.3, -0.25) is 9.48 Å². The number of hydrogen-bond donors (Lipinski definition) is 1. The minimum absolute atomic E-state index is 0.0607. The van der Waals surface area contributed by atoms with E-state index in [2.05, 4.69) is 32.6 Å². The monoisotopic (exact) mass is 351 g/mol. The second-order valence-corrected chi connectivity index (χ2v) is 6.42. The van der Waals surface area contributed by atoms with Crippen molar-refractivity contribution in [2.75, 3.05) is 31.1 Å². The highest BCUT2D eigenvalue weighted by Gasteiger charge is 2.19. The van der Waals surface area contributed by atoms with Crippen LogP contribution in [0.5, 0.6) is 0 Å². The highest BCUT2D eigenvalue weighted by atomic mass is 16.5. The summed E-state index contributed by atoms with van der Waals surface area (Å²) in [5.74, 6) is 0.601. The number of aromatic nitrogens is 3. The van der Waals surface area contributed by atoms with Crippen LogP contribution in [0.25, 0.3) is 0 Å². The molecule has 0 atom stereocenters. The number of hydrogen-bond acceptors (Lipinski definition) is 6. The van der Waals surface area contributed by atoms with Crippen molar-refractivity contribution in [3.8, 4) is 0 Å². The second kappa shape index (κ2) is 7.53. The lowest BCUT2D eigenvalue weighted by Crippen LogP contribution is -2.43. The molecule has 0 aliphatic carbocycles. The lowest BCUT2D eigenvalue weighted by molar-refractivity contribution is 0.0984. The summed E-state index contributed by atoms with van der Waals surface area (Å²) in [7, 11) is 0. The number of Topliss-reactive ketones (excluding diaryl/α,β-unsaturated/α-hetero) is 1. The van der Waals surface area contributed by atoms with Crippen LogP contribution in [0.4, 0.5) is 5.88 Å². The van der Waals surface area contributed by atoms with Gasteiger partial charge in [-0.1, -0.05) is 35.5 Å². The Bertz CT molecular complexity index is 865. The summed E-state index contributed by atoms with van der Waals surface area (Å²) >= 11 is 0. The molecular weight excluding hydrogens is 330 g/mol. The Balaban J connectivity index is 1.38. The predicted octanol–water partition coefficient (Wildman–Crippen LogP) is 1.75. The zero-order valence-electron chi connectivity index (χ0n) is 14.5. The summed E-state index contributed by atoms with van der Waals surface area (Å²) in [6, 6.07) is 11.8. The van der Waals surface area contributed by atoms with E-state index in [-0.39, 0.29) is 12.2 Å². The summed E-state index contributed by atoms with van der Waals surface area (Å²) in [5, 5.41) is 11.6. The van der Waals surface area contributed by atoms with Crippen molar-refractivity contribution < 1.29 is 9.32 Å². The third-order valence-electron chi connectivity index (χ3n) is 4.45. The molecule has 0 unspecified atom stereocenters. The summed E-state index contributed by atoms with van der Waals surface area (Å²) in [6.45, 7) is 4.21. The standard InChI is InChI=1S/C19H21N5O2/c25-18(17-11-19(26-22-17)23-8-6-20-7-9-23)10-16-12-21-24(14-16)13-15-4-2-1-3-5-15/h1-5,11-12,14,20H,6-10,13H2. The molecule has 26 heavy (non-hydrogen) atoms. The van der Waals surface area contributed by atoms with Gasteiger partial charge in [0.1, 0.15) is 0 Å². The molecule has 2 aromatic heterocycles. The fourth-order valence-corrected chi connectivity index (χ4v) is 3.06. The number of nitrogens with one attached hydrogen (secondary N) is 1. The van der Waals surface area contributed by atoms with Crippen LogP contribution >= 0.6 is 0 Å². The third-order valence-corrected chi connectivity index (χ3v) is 4.45. The van der Waals surface area contributed by atoms with E-state index in [0.717, 1.165) is 31.7 Å². The molecule has 0 spiro atoms. The fourth-order valence-electron chi connectivity index (χ4n) is 3.06. The van der Waals surface area contributed by atoms with Gasteiger partial charge in [0.15, 0.2) is 11.5 Å². The molecule has 0 bridgehead atoms. The molecule has 1 aliphatic rings. The van der Waals surface area contributed by atoms with Gasteiger partial charge in [0.05, 0.1) is 12.7 Å². The fraction of sp³-hybridized carbons (Fsp3) is 0.316. The maximum atomic E-state index is 12.5. The molecule has 7 nitrogen and oxygen atoms in total. The topological polar surface area (TPSA) is 76.2 Å². The Morgan fingerprint density at radius 3 is 2.77 bits per heavy atom. The molecule has 0 radical (unpaired) electrons. The molecule has 1 aromatic carbocycles. The average Bonchev–Trinajstić information content (AvgIpc) is 3.33. The van der Waals surface area contributed by atoms with Crippen molar-refractivity contribution in [2.45, 2.75) is 13.0 Å². The zero-order valence-corrected chi connectivity index (χ0v) is 14.5. The first-order valence-corrected chi connectivity index (χ1v) is 8.79. The molecule has 1 saturated heterocycles. The van der Waals surface area contributed by atoms with Crippen LogP contribution in [0, 0.1) is 0 Å². The molecule has 1 aliphatic heterocycles. The summed E-state index contributed by atoms with van der Waals surface area (Å²) in [6.07, 6.45) is 3.91. The highest BCUT2D eigenvalue weighted by molar-refractivity contribution is 5.96. The predicted molar refractivity (Wildman–Crippen MR) is 97.4 cm³/mol. The number of anilines is 1. The average molecular weight is 351 g/mol. The quantitative estimate of drug-likeness (QED) is 0.682. The van der Waals surface area contributed by atoms with Crippen LogP contribution in [0.3, 0.4) is 0 Å². The van der Waals surface area contributed by atoms with E-state index in [1.165, 1.54) is 5.56 Å². The molecule has 0 saturated carbocycles. The van der Waals surface area contributed by atoms with Gasteiger partial charge in [0.25, 0.3) is 0 Å². The normalized spacial score (nSPS) is 14.5. The van der Waals surface area contributed by atoms with Crippen LogP contribution in [0.1, 0.15) is 21.6 Å². The number of piperazine rings is 1. The maximum absolute atomic E-state index is 12.5. The molecule has 4 rings (SSSR count). The molecular formula is C19H21N5O2. The summed E-state index contributed by atoms with van der Waals surface area (Å²) < 4.78 is 7.19. The number of carbonyl (C=O) groups is 1. The van der Waals surface area contributed by atoms with Gasteiger partial charge in [0, 0.05) is 44.9 Å². The van der Waals surface area contributed by atoms with Crippen LogP contribution < -0.4 is 10.2 Å². The summed E-state index contributed by atoms with van der Waals surface area (Å²) in [4.78, 5) is 14.6. The van der Waals surface area contributed by atoms with Crippen molar-refractivity contribution >= 4 is 11.7 Å². The molecule has 0 amide bonds. The van der Waals surface area contributed by atoms with E-state index in [1.807, 2.05) is 29.1 Å². The van der Waals surface area contributed by atoms with E-state index >= 15 is 0 Å². The molecule has 7 heteroatoms. The smallest absolute Gasteiger partial charge is 0.228 e. The van der Waals surface area contributed by atoms with Gasteiger partial charge in [-0.25, -0.2) is 0 Å². The van der Waals surface area contributed by atoms with Crippen molar-refractivity contribution in [3.63, 3.8) is 0 Å². The van der Waals surface area contributed by atoms with Gasteiger partial charge in [0.2, 0.25) is 5.88 Å². The van der Waals surface area contributed by atoms with E-state index in [9.17, 15) is 4.79 Å². The first-order valence-electron chi connectivity index (χ1n) is 8.79. The lowest BCUT2D eigenvalue weighted by Gasteiger charge is -2.25. The maximum Gasteiger partial charge on any atom is 0.228 e. The molecule has 3 heterocycles. The highest BCUT2D eigenvalue weighted by Crippen LogP contribution is 2.17. The number of carbonyl (C=O) groups excluding carboxylic acids is 1. The zero-order chi connectivity index (χ0) is 17.8. The van der Waals surface area contributed by atoms with Crippen molar-refractivity contribution in [3.05, 3.63) is 65.6 Å². The Morgan fingerprint density at radius 1 is 1.15 bits per heavy atom. The van der Waals surface area contributed by atoms with E-state index in [4.69, 9.17) is 4.52 Å². The first kappa shape index (κ1) is 16.5. The minimum atomic E-state index is -0.0607. The van der Waals surface area contributed by atoms with Gasteiger partial charge in [-0.05, 0) is 11.1 Å². The van der Waals surface area contributed by atoms with Gasteiger partial charge in [-0.2, -0.15) is 5.10 Å². The first-order chi connectivity index (χ1) is 12.8. The van der Waals surface area contributed by atoms with Gasteiger partial charge >= 0.3 is 0 Å². The molecule has 1 N–H and O–H groups in total. The van der Waals surface area contributed by atoms with E-state index in [1.54, 1.807) is 12.3 Å². The number of rotatable bonds is 6. The number of nitrogens with zero attached hydrogens (tertiary/aromatic N) is 4. The van der Waals surface area contributed by atoms with Crippen LogP contribution in [-0.2, 0) is 13.0 Å². The van der Waals surface area contributed by atoms with Crippen LogP contribution in [0.2, 0.25) is 0 Å². The van der Waals surface area contributed by atoms with E-state index < -0.39 is 0 Å². The van der Waals surface area contributed by atoms with Crippen LogP contribution in [0.15, 0.2) is 53.3 Å².